The van der Waals surface area contributed by atoms with Crippen molar-refractivity contribution in [2.24, 2.45) is 5.73 Å². The second-order valence-corrected chi connectivity index (χ2v) is 3.58. The van der Waals surface area contributed by atoms with Crippen LogP contribution in [-0.4, -0.2) is 20.6 Å². The lowest BCUT2D eigenvalue weighted by atomic mass is 10.2. The highest BCUT2D eigenvalue weighted by molar-refractivity contribution is 5.90. The van der Waals surface area contributed by atoms with Crippen molar-refractivity contribution in [2.45, 2.75) is 0 Å². The predicted octanol–water partition coefficient (Wildman–Crippen LogP) is 0.751. The molecule has 0 atom stereocenters. The summed E-state index contributed by atoms with van der Waals surface area (Å²) in [4.78, 5) is 21.1. The Morgan fingerprint density at radius 2 is 2.21 bits per heavy atom. The Morgan fingerprint density at radius 1 is 1.47 bits per heavy atom. The molecule has 0 aliphatic heterocycles. The first kappa shape index (κ1) is 12.3. The van der Waals surface area contributed by atoms with E-state index in [-0.39, 0.29) is 16.9 Å². The van der Waals surface area contributed by atoms with Crippen molar-refractivity contribution in [3.8, 4) is 11.8 Å². The van der Waals surface area contributed by atoms with Gasteiger partial charge in [0.25, 0.3) is 11.6 Å². The van der Waals surface area contributed by atoms with Crippen LogP contribution in [0.1, 0.15) is 16.1 Å². The molecule has 0 aliphatic carbocycles. The van der Waals surface area contributed by atoms with Gasteiger partial charge >= 0.3 is 0 Å². The van der Waals surface area contributed by atoms with E-state index >= 15 is 0 Å². The van der Waals surface area contributed by atoms with Crippen molar-refractivity contribution < 1.29 is 9.72 Å². The molecule has 1 amide bonds. The summed E-state index contributed by atoms with van der Waals surface area (Å²) in [5.41, 5.74) is 5.10. The second-order valence-electron chi connectivity index (χ2n) is 3.58. The molecule has 0 saturated heterocycles. The monoisotopic (exact) mass is 257 g/mol. The lowest BCUT2D eigenvalue weighted by Crippen LogP contribution is -2.12. The molecular weight excluding hydrogens is 250 g/mol. The molecule has 0 unspecified atom stereocenters. The molecule has 2 N–H and O–H groups in total. The van der Waals surface area contributed by atoms with Crippen molar-refractivity contribution in [2.75, 3.05) is 0 Å². The minimum absolute atomic E-state index is 0.0453. The van der Waals surface area contributed by atoms with Gasteiger partial charge in [0.1, 0.15) is 17.3 Å². The molecule has 8 heteroatoms. The van der Waals surface area contributed by atoms with Crippen LogP contribution in [0.4, 0.5) is 5.69 Å². The van der Waals surface area contributed by atoms with E-state index in [1.165, 1.54) is 35.1 Å². The van der Waals surface area contributed by atoms with Crippen molar-refractivity contribution in [3.05, 3.63) is 51.8 Å². The Morgan fingerprint density at radius 3 is 2.74 bits per heavy atom. The maximum atomic E-state index is 10.9. The maximum absolute atomic E-state index is 10.9. The summed E-state index contributed by atoms with van der Waals surface area (Å²) >= 11 is 0. The van der Waals surface area contributed by atoms with Crippen LogP contribution in [-0.2, 0) is 0 Å². The third-order valence-corrected chi connectivity index (χ3v) is 2.40. The summed E-state index contributed by atoms with van der Waals surface area (Å²) in [7, 11) is 0. The highest BCUT2D eigenvalue weighted by Gasteiger charge is 2.15. The van der Waals surface area contributed by atoms with E-state index < -0.39 is 10.8 Å². The van der Waals surface area contributed by atoms with Gasteiger partial charge in [0, 0.05) is 12.3 Å². The molecule has 0 saturated carbocycles. The van der Waals surface area contributed by atoms with Crippen molar-refractivity contribution in [1.29, 1.82) is 5.26 Å². The van der Waals surface area contributed by atoms with Gasteiger partial charge in [0.15, 0.2) is 0 Å². The van der Waals surface area contributed by atoms with Gasteiger partial charge in [-0.15, -0.1) is 0 Å². The molecule has 94 valence electrons. The first-order valence-corrected chi connectivity index (χ1v) is 5.07. The zero-order valence-electron chi connectivity index (χ0n) is 9.48. The zero-order valence-corrected chi connectivity index (χ0v) is 9.48. The number of nitrogens with zero attached hydrogens (tertiary/aromatic N) is 4. The quantitative estimate of drug-likeness (QED) is 0.640. The van der Waals surface area contributed by atoms with Gasteiger partial charge < -0.3 is 5.73 Å². The van der Waals surface area contributed by atoms with E-state index in [0.717, 1.165) is 0 Å². The number of amides is 1. The van der Waals surface area contributed by atoms with Gasteiger partial charge in [-0.05, 0) is 18.2 Å². The number of nitro groups is 1. The van der Waals surface area contributed by atoms with Crippen LogP contribution in [0.25, 0.3) is 5.69 Å². The van der Waals surface area contributed by atoms with Crippen LogP contribution in [0, 0.1) is 21.4 Å². The van der Waals surface area contributed by atoms with E-state index in [9.17, 15) is 14.9 Å². The first-order valence-electron chi connectivity index (χ1n) is 5.07. The molecule has 1 heterocycles. The SMILES string of the molecule is N#Cc1ccc(-n2ccc(C(N)=O)n2)cc1[N+](=O)[O-]. The lowest BCUT2D eigenvalue weighted by Gasteiger charge is -2.01. The first-order chi connectivity index (χ1) is 9.02. The molecule has 0 fully saturated rings. The number of hydrogen-bond acceptors (Lipinski definition) is 5. The van der Waals surface area contributed by atoms with E-state index in [4.69, 9.17) is 11.0 Å². The van der Waals surface area contributed by atoms with Gasteiger partial charge in [0.05, 0.1) is 10.6 Å². The van der Waals surface area contributed by atoms with Crippen LogP contribution in [0.5, 0.6) is 0 Å². The van der Waals surface area contributed by atoms with Gasteiger partial charge in [-0.25, -0.2) is 4.68 Å². The van der Waals surface area contributed by atoms with Crippen LogP contribution >= 0.6 is 0 Å². The fraction of sp³-hybridized carbons (Fsp3) is 0. The average Bonchev–Trinajstić information content (AvgIpc) is 2.87. The van der Waals surface area contributed by atoms with Crippen molar-refractivity contribution in [3.63, 3.8) is 0 Å². The standard InChI is InChI=1S/C11H7N5O3/c12-6-7-1-2-8(5-10(7)16(18)19)15-4-3-9(14-15)11(13)17/h1-5H,(H2,13,17). The topological polar surface area (TPSA) is 128 Å². The van der Waals surface area contributed by atoms with Crippen molar-refractivity contribution >= 4 is 11.6 Å². The number of primary amides is 1. The van der Waals surface area contributed by atoms with Crippen LogP contribution in [0.3, 0.4) is 0 Å². The molecule has 0 bridgehead atoms. The number of aromatic nitrogens is 2. The Balaban J connectivity index is 2.51. The summed E-state index contributed by atoms with van der Waals surface area (Å²) in [5, 5.41) is 23.5. The number of rotatable bonds is 3. The molecule has 8 nitrogen and oxygen atoms in total. The fourth-order valence-electron chi connectivity index (χ4n) is 1.51. The number of carbonyl (C=O) groups excluding carboxylic acids is 1. The largest absolute Gasteiger partial charge is 0.364 e. The highest BCUT2D eigenvalue weighted by Crippen LogP contribution is 2.21. The van der Waals surface area contributed by atoms with Crippen LogP contribution < -0.4 is 5.73 Å². The van der Waals surface area contributed by atoms with Gasteiger partial charge in [0.2, 0.25) is 0 Å². The Bertz CT molecular complexity index is 713. The summed E-state index contributed by atoms with van der Waals surface area (Å²) in [5.74, 6) is -0.693. The van der Waals surface area contributed by atoms with Crippen LogP contribution in [0.2, 0.25) is 0 Å². The smallest absolute Gasteiger partial charge is 0.289 e. The molecular formula is C11H7N5O3. The zero-order chi connectivity index (χ0) is 14.0. The molecule has 2 aromatic rings. The third-order valence-electron chi connectivity index (χ3n) is 2.40. The van der Waals surface area contributed by atoms with E-state index in [1.54, 1.807) is 6.07 Å². The molecule has 1 aromatic heterocycles. The second kappa shape index (κ2) is 4.58. The number of benzene rings is 1. The summed E-state index contributed by atoms with van der Waals surface area (Å²) in [6.07, 6.45) is 1.45. The van der Waals surface area contributed by atoms with Crippen molar-refractivity contribution in [1.82, 2.24) is 9.78 Å². The summed E-state index contributed by atoms with van der Waals surface area (Å²) < 4.78 is 1.27. The van der Waals surface area contributed by atoms with Gasteiger partial charge in [-0.3, -0.25) is 14.9 Å². The summed E-state index contributed by atoms with van der Waals surface area (Å²) in [6.45, 7) is 0. The molecule has 19 heavy (non-hydrogen) atoms. The van der Waals surface area contributed by atoms with Crippen LogP contribution in [0.15, 0.2) is 30.5 Å². The van der Waals surface area contributed by atoms with E-state index in [0.29, 0.717) is 5.69 Å². The lowest BCUT2D eigenvalue weighted by molar-refractivity contribution is -0.385. The number of nitrogens with two attached hydrogens (primary N) is 1. The number of carbonyl (C=O) groups is 1. The minimum atomic E-state index is -0.693. The average molecular weight is 257 g/mol. The number of nitro benzene ring substituents is 1. The fourth-order valence-corrected chi connectivity index (χ4v) is 1.51. The predicted molar refractivity (Wildman–Crippen MR) is 63.5 cm³/mol. The van der Waals surface area contributed by atoms with E-state index in [2.05, 4.69) is 5.10 Å². The minimum Gasteiger partial charge on any atom is -0.364 e. The van der Waals surface area contributed by atoms with E-state index in [1.807, 2.05) is 0 Å². The molecule has 0 radical (unpaired) electrons. The molecule has 2 rings (SSSR count). The Labute approximate surface area is 106 Å². The Hall–Kier alpha value is -3.21. The van der Waals surface area contributed by atoms with Gasteiger partial charge in [-0.1, -0.05) is 0 Å². The summed E-state index contributed by atoms with van der Waals surface area (Å²) in [6, 6.07) is 7.14. The normalized spacial score (nSPS) is 9.84. The van der Waals surface area contributed by atoms with Gasteiger partial charge in [-0.2, -0.15) is 10.4 Å². The molecule has 1 aromatic carbocycles. The molecule has 0 spiro atoms. The Kier molecular flexibility index (Phi) is 2.95. The highest BCUT2D eigenvalue weighted by atomic mass is 16.6. The maximum Gasteiger partial charge on any atom is 0.289 e. The molecule has 0 aliphatic rings. The third kappa shape index (κ3) is 2.25. The number of nitriles is 1. The number of hydrogen-bond donors (Lipinski definition) is 1.